The van der Waals surface area contributed by atoms with Gasteiger partial charge in [-0.05, 0) is 38.0 Å². The standard InChI is InChI=1S/C14H30O2/c1-7-14(8-2,16-9-3)12(15)10-11-13(4,5)6/h12,15H,7-11H2,1-6H3. The lowest BCUT2D eigenvalue weighted by atomic mass is 9.82. The molecule has 0 fully saturated rings. The molecule has 16 heavy (non-hydrogen) atoms. The molecule has 2 nitrogen and oxygen atoms in total. The maximum atomic E-state index is 10.3. The van der Waals surface area contributed by atoms with E-state index in [1.165, 1.54) is 0 Å². The Hall–Kier alpha value is -0.0800. The van der Waals surface area contributed by atoms with Crippen LogP contribution in [0, 0.1) is 5.41 Å². The van der Waals surface area contributed by atoms with Crippen LogP contribution in [0.15, 0.2) is 0 Å². The molecule has 0 saturated carbocycles. The summed E-state index contributed by atoms with van der Waals surface area (Å²) in [6.45, 7) is 13.5. The molecule has 0 aromatic carbocycles. The molecule has 0 aliphatic carbocycles. The summed E-state index contributed by atoms with van der Waals surface area (Å²) >= 11 is 0. The highest BCUT2D eigenvalue weighted by Gasteiger charge is 2.35. The predicted octanol–water partition coefficient (Wildman–Crippen LogP) is 3.77. The Bertz CT molecular complexity index is 178. The predicted molar refractivity (Wildman–Crippen MR) is 69.6 cm³/mol. The van der Waals surface area contributed by atoms with Crippen LogP contribution in [-0.2, 0) is 4.74 Å². The molecule has 1 unspecified atom stereocenters. The summed E-state index contributed by atoms with van der Waals surface area (Å²) in [4.78, 5) is 0. The van der Waals surface area contributed by atoms with E-state index in [-0.39, 0.29) is 17.1 Å². The minimum atomic E-state index is -0.346. The van der Waals surface area contributed by atoms with Crippen molar-refractivity contribution in [1.29, 1.82) is 0 Å². The van der Waals surface area contributed by atoms with Crippen molar-refractivity contribution < 1.29 is 9.84 Å². The van der Waals surface area contributed by atoms with Crippen LogP contribution in [0.3, 0.4) is 0 Å². The van der Waals surface area contributed by atoms with E-state index in [2.05, 4.69) is 34.6 Å². The average molecular weight is 230 g/mol. The molecule has 0 aliphatic heterocycles. The van der Waals surface area contributed by atoms with Crippen molar-refractivity contribution in [2.45, 2.75) is 78.9 Å². The molecule has 0 spiro atoms. The molecule has 0 amide bonds. The van der Waals surface area contributed by atoms with Crippen LogP contribution in [0.1, 0.15) is 67.2 Å². The first-order valence-corrected chi connectivity index (χ1v) is 6.63. The van der Waals surface area contributed by atoms with E-state index in [1.54, 1.807) is 0 Å². The van der Waals surface area contributed by atoms with Crippen LogP contribution >= 0.6 is 0 Å². The highest BCUT2D eigenvalue weighted by molar-refractivity contribution is 4.87. The van der Waals surface area contributed by atoms with Gasteiger partial charge in [-0.2, -0.15) is 0 Å². The minimum absolute atomic E-state index is 0.278. The van der Waals surface area contributed by atoms with Crippen molar-refractivity contribution >= 4 is 0 Å². The minimum Gasteiger partial charge on any atom is -0.390 e. The SMILES string of the molecule is CCOC(CC)(CC)C(O)CCC(C)(C)C. The highest BCUT2D eigenvalue weighted by Crippen LogP contribution is 2.31. The normalized spacial score (nSPS) is 15.2. The first-order valence-electron chi connectivity index (χ1n) is 6.63. The molecular formula is C14H30O2. The maximum Gasteiger partial charge on any atom is 0.0934 e. The largest absolute Gasteiger partial charge is 0.390 e. The van der Waals surface area contributed by atoms with E-state index in [0.29, 0.717) is 6.61 Å². The summed E-state index contributed by atoms with van der Waals surface area (Å²) in [5, 5.41) is 10.3. The van der Waals surface area contributed by atoms with Crippen molar-refractivity contribution in [1.82, 2.24) is 0 Å². The summed E-state index contributed by atoms with van der Waals surface area (Å²) < 4.78 is 5.80. The van der Waals surface area contributed by atoms with Crippen LogP contribution in [0.4, 0.5) is 0 Å². The Morgan fingerprint density at radius 2 is 1.56 bits per heavy atom. The van der Waals surface area contributed by atoms with Gasteiger partial charge >= 0.3 is 0 Å². The molecular weight excluding hydrogens is 200 g/mol. The monoisotopic (exact) mass is 230 g/mol. The van der Waals surface area contributed by atoms with Gasteiger partial charge in [-0.1, -0.05) is 34.6 Å². The van der Waals surface area contributed by atoms with Crippen molar-refractivity contribution in [2.75, 3.05) is 6.61 Å². The van der Waals surface area contributed by atoms with E-state index in [9.17, 15) is 5.11 Å². The van der Waals surface area contributed by atoms with Gasteiger partial charge in [-0.25, -0.2) is 0 Å². The van der Waals surface area contributed by atoms with Gasteiger partial charge in [0.25, 0.3) is 0 Å². The van der Waals surface area contributed by atoms with Gasteiger partial charge in [0.1, 0.15) is 0 Å². The quantitative estimate of drug-likeness (QED) is 0.721. The summed E-state index contributed by atoms with van der Waals surface area (Å²) in [5.74, 6) is 0. The van der Waals surface area contributed by atoms with Gasteiger partial charge in [0.2, 0.25) is 0 Å². The zero-order valence-corrected chi connectivity index (χ0v) is 12.0. The van der Waals surface area contributed by atoms with E-state index < -0.39 is 0 Å². The molecule has 1 N–H and O–H groups in total. The Labute approximate surface area is 101 Å². The van der Waals surface area contributed by atoms with Crippen LogP contribution < -0.4 is 0 Å². The van der Waals surface area contributed by atoms with Crippen LogP contribution in [-0.4, -0.2) is 23.4 Å². The molecule has 98 valence electrons. The van der Waals surface area contributed by atoms with Crippen molar-refractivity contribution in [3.8, 4) is 0 Å². The second-order valence-corrected chi connectivity index (χ2v) is 5.82. The fourth-order valence-corrected chi connectivity index (χ4v) is 2.14. The summed E-state index contributed by atoms with van der Waals surface area (Å²) in [5.41, 5.74) is -0.0551. The topological polar surface area (TPSA) is 29.5 Å². The van der Waals surface area contributed by atoms with Crippen LogP contribution in [0.2, 0.25) is 0 Å². The Morgan fingerprint density at radius 1 is 1.06 bits per heavy atom. The molecule has 0 radical (unpaired) electrons. The first kappa shape index (κ1) is 15.9. The molecule has 1 atom stereocenters. The highest BCUT2D eigenvalue weighted by atomic mass is 16.5. The first-order chi connectivity index (χ1) is 7.31. The fraction of sp³-hybridized carbons (Fsp3) is 1.00. The Kier molecular flexibility index (Phi) is 6.57. The molecule has 0 heterocycles. The van der Waals surface area contributed by atoms with E-state index in [4.69, 9.17) is 4.74 Å². The summed E-state index contributed by atoms with van der Waals surface area (Å²) in [7, 11) is 0. The lowest BCUT2D eigenvalue weighted by Crippen LogP contribution is -2.44. The van der Waals surface area contributed by atoms with Gasteiger partial charge in [0.05, 0.1) is 11.7 Å². The van der Waals surface area contributed by atoms with E-state index in [0.717, 1.165) is 25.7 Å². The smallest absolute Gasteiger partial charge is 0.0934 e. The number of aliphatic hydroxyl groups is 1. The molecule has 2 heteroatoms. The van der Waals surface area contributed by atoms with Crippen LogP contribution in [0.25, 0.3) is 0 Å². The third-order valence-corrected chi connectivity index (χ3v) is 3.40. The van der Waals surface area contributed by atoms with Crippen molar-refractivity contribution in [3.05, 3.63) is 0 Å². The number of rotatable bonds is 7. The zero-order chi connectivity index (χ0) is 12.8. The molecule has 0 aromatic heterocycles. The van der Waals surface area contributed by atoms with E-state index in [1.807, 2.05) is 6.92 Å². The molecule has 0 aliphatic rings. The number of aliphatic hydroxyl groups excluding tert-OH is 1. The molecule has 0 bridgehead atoms. The molecule has 0 rings (SSSR count). The Morgan fingerprint density at radius 3 is 1.88 bits per heavy atom. The zero-order valence-electron chi connectivity index (χ0n) is 12.0. The van der Waals surface area contributed by atoms with Gasteiger partial charge in [0.15, 0.2) is 0 Å². The third kappa shape index (κ3) is 4.84. The summed E-state index contributed by atoms with van der Waals surface area (Å²) in [6, 6.07) is 0. The lowest BCUT2D eigenvalue weighted by Gasteiger charge is -2.37. The number of ether oxygens (including phenoxy) is 1. The summed E-state index contributed by atoms with van der Waals surface area (Å²) in [6.07, 6.45) is 3.26. The van der Waals surface area contributed by atoms with Crippen LogP contribution in [0.5, 0.6) is 0 Å². The number of hydrogen-bond acceptors (Lipinski definition) is 2. The second-order valence-electron chi connectivity index (χ2n) is 5.82. The Balaban J connectivity index is 4.43. The van der Waals surface area contributed by atoms with Gasteiger partial charge in [-0.15, -0.1) is 0 Å². The third-order valence-electron chi connectivity index (χ3n) is 3.40. The van der Waals surface area contributed by atoms with Crippen molar-refractivity contribution in [2.24, 2.45) is 5.41 Å². The second kappa shape index (κ2) is 6.61. The lowest BCUT2D eigenvalue weighted by molar-refractivity contribution is -0.129. The maximum absolute atomic E-state index is 10.3. The van der Waals surface area contributed by atoms with Gasteiger partial charge in [-0.3, -0.25) is 0 Å². The van der Waals surface area contributed by atoms with Gasteiger partial charge < -0.3 is 9.84 Å². The fourth-order valence-electron chi connectivity index (χ4n) is 2.14. The number of hydrogen-bond donors (Lipinski definition) is 1. The molecule has 0 saturated heterocycles. The van der Waals surface area contributed by atoms with Gasteiger partial charge in [0, 0.05) is 6.61 Å². The van der Waals surface area contributed by atoms with Crippen molar-refractivity contribution in [3.63, 3.8) is 0 Å². The van der Waals surface area contributed by atoms with E-state index >= 15 is 0 Å². The average Bonchev–Trinajstić information content (AvgIpc) is 2.21. The molecule has 0 aromatic rings.